The highest BCUT2D eigenvalue weighted by Gasteiger charge is 2.33. The third-order valence-electron chi connectivity index (χ3n) is 6.21. The van der Waals surface area contributed by atoms with Crippen molar-refractivity contribution in [3.8, 4) is 12.3 Å². The molecule has 0 aliphatic carbocycles. The number of hydrogen-bond donors (Lipinski definition) is 4. The van der Waals surface area contributed by atoms with Crippen molar-refractivity contribution in [3.05, 3.63) is 46.2 Å². The zero-order valence-electron chi connectivity index (χ0n) is 21.6. The van der Waals surface area contributed by atoms with E-state index in [1.54, 1.807) is 13.8 Å². The SMILES string of the molecule is C#CC[C@@H](C(=O)N[C@@H](C[C@@H]1CCNC1=O)[C@H](S)CC(=O)OCC)n1cccc(NC(=O)c2cc(C)on2)c1=O. The van der Waals surface area contributed by atoms with Crippen LogP contribution in [0.2, 0.25) is 0 Å². The molecule has 39 heavy (non-hydrogen) atoms. The van der Waals surface area contributed by atoms with Crippen LogP contribution in [-0.2, 0) is 19.1 Å². The van der Waals surface area contributed by atoms with Crippen molar-refractivity contribution in [1.82, 2.24) is 20.4 Å². The van der Waals surface area contributed by atoms with Crippen LogP contribution in [0.4, 0.5) is 5.69 Å². The van der Waals surface area contributed by atoms with Gasteiger partial charge >= 0.3 is 5.97 Å². The quantitative estimate of drug-likeness (QED) is 0.172. The molecular formula is C26H31N5O7S. The van der Waals surface area contributed by atoms with Crippen LogP contribution >= 0.6 is 12.6 Å². The highest BCUT2D eigenvalue weighted by molar-refractivity contribution is 7.81. The minimum absolute atomic E-state index is 0.0135. The van der Waals surface area contributed by atoms with Crippen molar-refractivity contribution in [2.75, 3.05) is 18.5 Å². The van der Waals surface area contributed by atoms with Gasteiger partial charge in [-0.2, -0.15) is 12.6 Å². The third kappa shape index (κ3) is 7.73. The molecule has 12 nitrogen and oxygen atoms in total. The summed E-state index contributed by atoms with van der Waals surface area (Å²) in [5.41, 5.74) is -0.769. The third-order valence-corrected chi connectivity index (χ3v) is 6.75. The van der Waals surface area contributed by atoms with Gasteiger partial charge in [0.25, 0.3) is 11.5 Å². The highest BCUT2D eigenvalue weighted by atomic mass is 32.1. The van der Waals surface area contributed by atoms with E-state index in [0.717, 1.165) is 4.57 Å². The van der Waals surface area contributed by atoms with Crippen LogP contribution in [0.3, 0.4) is 0 Å². The zero-order valence-corrected chi connectivity index (χ0v) is 22.5. The van der Waals surface area contributed by atoms with E-state index in [9.17, 15) is 24.0 Å². The first-order valence-electron chi connectivity index (χ1n) is 12.5. The normalized spacial score (nSPS) is 16.9. The number of aryl methyl sites for hydroxylation is 1. The summed E-state index contributed by atoms with van der Waals surface area (Å²) in [6, 6.07) is 2.45. The predicted molar refractivity (Wildman–Crippen MR) is 144 cm³/mol. The summed E-state index contributed by atoms with van der Waals surface area (Å²) in [6.07, 6.45) is 7.48. The average molecular weight is 558 g/mol. The minimum Gasteiger partial charge on any atom is -0.466 e. The molecule has 13 heteroatoms. The number of rotatable bonds is 12. The molecule has 2 aromatic heterocycles. The number of carbonyl (C=O) groups excluding carboxylic acids is 4. The van der Waals surface area contributed by atoms with Gasteiger partial charge in [-0.15, -0.1) is 12.3 Å². The molecule has 4 atom stereocenters. The van der Waals surface area contributed by atoms with E-state index in [0.29, 0.717) is 18.7 Å². The summed E-state index contributed by atoms with van der Waals surface area (Å²) in [5.74, 6) is 0.558. The molecule has 0 bridgehead atoms. The average Bonchev–Trinajstić information content (AvgIpc) is 3.51. The maximum Gasteiger partial charge on any atom is 0.306 e. The van der Waals surface area contributed by atoms with Crippen LogP contribution in [0.15, 0.2) is 33.7 Å². The number of nitrogens with one attached hydrogen (secondary N) is 3. The molecule has 1 aliphatic rings. The molecule has 0 radical (unpaired) electrons. The van der Waals surface area contributed by atoms with Gasteiger partial charge < -0.3 is 29.8 Å². The molecular weight excluding hydrogens is 526 g/mol. The lowest BCUT2D eigenvalue weighted by Gasteiger charge is -2.28. The number of amides is 3. The Bertz CT molecular complexity index is 1310. The lowest BCUT2D eigenvalue weighted by Crippen LogP contribution is -2.47. The number of esters is 1. The van der Waals surface area contributed by atoms with Gasteiger partial charge in [0, 0.05) is 42.4 Å². The fourth-order valence-electron chi connectivity index (χ4n) is 4.24. The Balaban J connectivity index is 1.83. The summed E-state index contributed by atoms with van der Waals surface area (Å²) in [5, 5.41) is 11.0. The Morgan fingerprint density at radius 3 is 2.77 bits per heavy atom. The molecule has 3 N–H and O–H groups in total. The number of terminal acetylenes is 1. The number of nitrogens with zero attached hydrogens (tertiary/aromatic N) is 2. The summed E-state index contributed by atoms with van der Waals surface area (Å²) in [4.78, 5) is 63.6. The molecule has 3 amide bonds. The smallest absolute Gasteiger partial charge is 0.306 e. The van der Waals surface area contributed by atoms with E-state index in [1.807, 2.05) is 0 Å². The minimum atomic E-state index is -1.14. The van der Waals surface area contributed by atoms with Gasteiger partial charge in [0.15, 0.2) is 5.69 Å². The van der Waals surface area contributed by atoms with E-state index in [-0.39, 0.29) is 49.1 Å². The van der Waals surface area contributed by atoms with E-state index in [2.05, 4.69) is 39.7 Å². The second-order valence-electron chi connectivity index (χ2n) is 9.04. The summed E-state index contributed by atoms with van der Waals surface area (Å²) in [6.45, 7) is 4.01. The number of ether oxygens (including phenoxy) is 1. The Hall–Kier alpha value is -4.05. The first-order valence-corrected chi connectivity index (χ1v) is 13.0. The first kappa shape index (κ1) is 29.5. The largest absolute Gasteiger partial charge is 0.466 e. The monoisotopic (exact) mass is 557 g/mol. The van der Waals surface area contributed by atoms with Crippen molar-refractivity contribution >= 4 is 42.0 Å². The summed E-state index contributed by atoms with van der Waals surface area (Å²) >= 11 is 4.54. The predicted octanol–water partition coefficient (Wildman–Crippen LogP) is 1.22. The van der Waals surface area contributed by atoms with Crippen molar-refractivity contribution in [3.63, 3.8) is 0 Å². The maximum atomic E-state index is 13.5. The summed E-state index contributed by atoms with van der Waals surface area (Å²) < 4.78 is 11.0. The lowest BCUT2D eigenvalue weighted by molar-refractivity contribution is -0.143. The molecule has 208 valence electrons. The van der Waals surface area contributed by atoms with Gasteiger partial charge in [0.2, 0.25) is 11.8 Å². The van der Waals surface area contributed by atoms with Crippen LogP contribution in [-0.4, -0.2) is 57.9 Å². The highest BCUT2D eigenvalue weighted by Crippen LogP contribution is 2.23. The fourth-order valence-corrected chi connectivity index (χ4v) is 4.59. The first-order chi connectivity index (χ1) is 18.6. The van der Waals surface area contributed by atoms with Gasteiger partial charge in [0.05, 0.1) is 13.0 Å². The summed E-state index contributed by atoms with van der Waals surface area (Å²) in [7, 11) is 0. The van der Waals surface area contributed by atoms with Crippen molar-refractivity contribution in [2.24, 2.45) is 5.92 Å². The van der Waals surface area contributed by atoms with Gasteiger partial charge in [-0.3, -0.25) is 24.0 Å². The van der Waals surface area contributed by atoms with Crippen molar-refractivity contribution in [1.29, 1.82) is 0 Å². The number of thiol groups is 1. The van der Waals surface area contributed by atoms with E-state index in [4.69, 9.17) is 15.7 Å². The van der Waals surface area contributed by atoms with Gasteiger partial charge in [0.1, 0.15) is 17.5 Å². The molecule has 0 unspecified atom stereocenters. The molecule has 0 saturated carbocycles. The fraction of sp³-hybridized carbons (Fsp3) is 0.462. The second kappa shape index (κ2) is 13.7. The maximum absolute atomic E-state index is 13.5. The molecule has 3 rings (SSSR count). The van der Waals surface area contributed by atoms with E-state index < -0.39 is 40.7 Å². The van der Waals surface area contributed by atoms with Gasteiger partial charge in [-0.1, -0.05) is 5.16 Å². The number of anilines is 1. The molecule has 0 aromatic carbocycles. The molecule has 0 spiro atoms. The van der Waals surface area contributed by atoms with E-state index in [1.165, 1.54) is 24.4 Å². The van der Waals surface area contributed by atoms with Crippen LogP contribution in [0, 0.1) is 25.2 Å². The second-order valence-corrected chi connectivity index (χ2v) is 9.70. The topological polar surface area (TPSA) is 162 Å². The lowest BCUT2D eigenvalue weighted by atomic mass is 9.94. The Kier molecular flexibility index (Phi) is 10.3. The number of aromatic nitrogens is 2. The van der Waals surface area contributed by atoms with Gasteiger partial charge in [-0.05, 0) is 38.8 Å². The van der Waals surface area contributed by atoms with E-state index >= 15 is 0 Å². The van der Waals surface area contributed by atoms with Crippen LogP contribution < -0.4 is 21.5 Å². The molecule has 3 heterocycles. The Morgan fingerprint density at radius 1 is 1.38 bits per heavy atom. The van der Waals surface area contributed by atoms with Crippen molar-refractivity contribution < 1.29 is 28.4 Å². The molecule has 1 saturated heterocycles. The zero-order chi connectivity index (χ0) is 28.5. The number of pyridine rings is 1. The van der Waals surface area contributed by atoms with Crippen LogP contribution in [0.5, 0.6) is 0 Å². The van der Waals surface area contributed by atoms with Crippen molar-refractivity contribution in [2.45, 2.75) is 56.9 Å². The Morgan fingerprint density at radius 2 is 2.15 bits per heavy atom. The molecule has 1 aliphatic heterocycles. The number of hydrogen-bond acceptors (Lipinski definition) is 9. The standard InChI is InChI=1S/C26H31N5O7S/c1-4-7-20(31-11-6-8-17(26(31)36)28-24(34)19-12-15(3)38-30-19)25(35)29-18(13-16-9-10-27-23(16)33)21(39)14-22(32)37-5-2/h1,6,8,11-12,16,18,20-21,39H,5,7,9-10,13-14H2,2-3H3,(H,27,33)(H,28,34)(H,29,35)/t16-,18-,20-,21+/m0/s1. The Labute approximate surface area is 230 Å². The molecule has 1 fully saturated rings. The van der Waals surface area contributed by atoms with Crippen LogP contribution in [0.25, 0.3) is 0 Å². The van der Waals surface area contributed by atoms with Gasteiger partial charge in [-0.25, -0.2) is 0 Å². The van der Waals surface area contributed by atoms with Crippen LogP contribution in [0.1, 0.15) is 54.9 Å². The number of carbonyl (C=O) groups is 4. The molecule has 2 aromatic rings.